The molecule has 1 aliphatic carbocycles. The molecule has 1 saturated carbocycles. The SMILES string of the molecule is Cc1cccc(C)c1N(C(=O)NCCc1nc2ccccc2[nH]1)C1CCCCC1. The number of fused-ring (bicyclic) bond motifs is 1. The van der Waals surface area contributed by atoms with Crippen LogP contribution in [0, 0.1) is 13.8 Å². The second-order valence-corrected chi connectivity index (χ2v) is 8.08. The molecular weight excluding hydrogens is 360 g/mol. The minimum absolute atomic E-state index is 0.00501. The van der Waals surface area contributed by atoms with Gasteiger partial charge in [0, 0.05) is 19.0 Å². The van der Waals surface area contributed by atoms with Gasteiger partial charge < -0.3 is 10.3 Å². The van der Waals surface area contributed by atoms with Gasteiger partial charge in [-0.25, -0.2) is 9.78 Å². The Morgan fingerprint density at radius 1 is 1.07 bits per heavy atom. The number of para-hydroxylation sites is 3. The van der Waals surface area contributed by atoms with Gasteiger partial charge in [-0.2, -0.15) is 0 Å². The van der Waals surface area contributed by atoms with Gasteiger partial charge in [0.2, 0.25) is 0 Å². The van der Waals surface area contributed by atoms with Crippen LogP contribution >= 0.6 is 0 Å². The van der Waals surface area contributed by atoms with E-state index in [9.17, 15) is 4.79 Å². The van der Waals surface area contributed by atoms with Crippen molar-refractivity contribution in [2.24, 2.45) is 0 Å². The number of amides is 2. The van der Waals surface area contributed by atoms with Crippen LogP contribution in [0.15, 0.2) is 42.5 Å². The fourth-order valence-corrected chi connectivity index (χ4v) is 4.47. The molecule has 1 aromatic heterocycles. The fourth-order valence-electron chi connectivity index (χ4n) is 4.47. The molecule has 1 fully saturated rings. The van der Waals surface area contributed by atoms with Crippen molar-refractivity contribution < 1.29 is 4.79 Å². The summed E-state index contributed by atoms with van der Waals surface area (Å²) in [4.78, 5) is 23.3. The van der Waals surface area contributed by atoms with Gasteiger partial charge in [0.25, 0.3) is 0 Å². The van der Waals surface area contributed by atoms with Gasteiger partial charge in [-0.3, -0.25) is 4.90 Å². The van der Waals surface area contributed by atoms with E-state index in [1.54, 1.807) is 0 Å². The van der Waals surface area contributed by atoms with E-state index in [1.807, 2.05) is 29.2 Å². The molecule has 0 unspecified atom stereocenters. The number of hydrogen-bond donors (Lipinski definition) is 2. The highest BCUT2D eigenvalue weighted by atomic mass is 16.2. The maximum Gasteiger partial charge on any atom is 0.322 e. The van der Waals surface area contributed by atoms with Gasteiger partial charge in [0.15, 0.2) is 0 Å². The molecule has 0 bridgehead atoms. The summed E-state index contributed by atoms with van der Waals surface area (Å²) in [6.45, 7) is 4.76. The summed E-state index contributed by atoms with van der Waals surface area (Å²) < 4.78 is 0. The molecule has 2 amide bonds. The number of aromatic amines is 1. The van der Waals surface area contributed by atoms with Gasteiger partial charge in [-0.1, -0.05) is 49.6 Å². The van der Waals surface area contributed by atoms with Crippen LogP contribution in [0.3, 0.4) is 0 Å². The molecule has 5 heteroatoms. The van der Waals surface area contributed by atoms with Crippen molar-refractivity contribution in [3.63, 3.8) is 0 Å². The summed E-state index contributed by atoms with van der Waals surface area (Å²) in [5, 5.41) is 3.15. The lowest BCUT2D eigenvalue weighted by Gasteiger charge is -2.36. The second-order valence-electron chi connectivity index (χ2n) is 8.08. The van der Waals surface area contributed by atoms with E-state index in [4.69, 9.17) is 0 Å². The van der Waals surface area contributed by atoms with Gasteiger partial charge in [0.05, 0.1) is 16.7 Å². The highest BCUT2D eigenvalue weighted by Gasteiger charge is 2.28. The van der Waals surface area contributed by atoms with Crippen LogP contribution < -0.4 is 10.2 Å². The lowest BCUT2D eigenvalue weighted by Crippen LogP contribution is -2.48. The molecular formula is C24H30N4O. The maximum atomic E-state index is 13.3. The van der Waals surface area contributed by atoms with Gasteiger partial charge in [-0.05, 0) is 49.9 Å². The highest BCUT2D eigenvalue weighted by molar-refractivity contribution is 5.94. The van der Waals surface area contributed by atoms with Crippen LogP contribution in [-0.4, -0.2) is 28.6 Å². The minimum Gasteiger partial charge on any atom is -0.342 e. The van der Waals surface area contributed by atoms with E-state index in [0.29, 0.717) is 13.0 Å². The molecule has 2 aromatic carbocycles. The van der Waals surface area contributed by atoms with Crippen molar-refractivity contribution in [2.45, 2.75) is 58.4 Å². The molecule has 0 aliphatic heterocycles. The first-order valence-corrected chi connectivity index (χ1v) is 10.7. The first-order chi connectivity index (χ1) is 14.1. The van der Waals surface area contributed by atoms with Crippen molar-refractivity contribution >= 4 is 22.8 Å². The zero-order valence-corrected chi connectivity index (χ0v) is 17.4. The average Bonchev–Trinajstić information content (AvgIpc) is 3.14. The molecule has 0 spiro atoms. The Bertz CT molecular complexity index is 934. The number of carbonyl (C=O) groups is 1. The first kappa shape index (κ1) is 19.5. The van der Waals surface area contributed by atoms with Crippen molar-refractivity contribution in [2.75, 3.05) is 11.4 Å². The number of benzene rings is 2. The minimum atomic E-state index is 0.00501. The molecule has 152 valence electrons. The Balaban J connectivity index is 1.48. The number of nitrogens with one attached hydrogen (secondary N) is 2. The summed E-state index contributed by atoms with van der Waals surface area (Å²) in [5.41, 5.74) is 5.38. The van der Waals surface area contributed by atoms with Crippen molar-refractivity contribution in [3.05, 3.63) is 59.4 Å². The molecule has 5 nitrogen and oxygen atoms in total. The number of anilines is 1. The molecule has 29 heavy (non-hydrogen) atoms. The number of urea groups is 1. The van der Waals surface area contributed by atoms with E-state index in [2.05, 4.69) is 47.3 Å². The number of hydrogen-bond acceptors (Lipinski definition) is 2. The van der Waals surface area contributed by atoms with Gasteiger partial charge in [0.1, 0.15) is 5.82 Å². The van der Waals surface area contributed by atoms with Gasteiger partial charge >= 0.3 is 6.03 Å². The van der Waals surface area contributed by atoms with Crippen LogP contribution in [0.5, 0.6) is 0 Å². The van der Waals surface area contributed by atoms with Crippen LogP contribution in [0.1, 0.15) is 49.1 Å². The molecule has 0 saturated heterocycles. The van der Waals surface area contributed by atoms with Crippen LogP contribution in [0.4, 0.5) is 10.5 Å². The molecule has 1 heterocycles. The summed E-state index contributed by atoms with van der Waals surface area (Å²) in [5.74, 6) is 0.905. The number of imidazole rings is 1. The van der Waals surface area contributed by atoms with E-state index in [-0.39, 0.29) is 12.1 Å². The quantitative estimate of drug-likeness (QED) is 0.623. The van der Waals surface area contributed by atoms with E-state index in [0.717, 1.165) is 46.5 Å². The number of H-pyrrole nitrogens is 1. The van der Waals surface area contributed by atoms with E-state index < -0.39 is 0 Å². The Labute approximate surface area is 172 Å². The zero-order chi connectivity index (χ0) is 20.2. The zero-order valence-electron chi connectivity index (χ0n) is 17.4. The summed E-state index contributed by atoms with van der Waals surface area (Å²) >= 11 is 0. The third-order valence-corrected chi connectivity index (χ3v) is 5.92. The van der Waals surface area contributed by atoms with E-state index >= 15 is 0 Å². The summed E-state index contributed by atoms with van der Waals surface area (Å²) in [6.07, 6.45) is 6.49. The van der Waals surface area contributed by atoms with Crippen molar-refractivity contribution in [3.8, 4) is 0 Å². The van der Waals surface area contributed by atoms with Crippen molar-refractivity contribution in [1.82, 2.24) is 15.3 Å². The molecule has 1 aliphatic rings. The van der Waals surface area contributed by atoms with Crippen molar-refractivity contribution in [1.29, 1.82) is 0 Å². The Kier molecular flexibility index (Phi) is 5.84. The second kappa shape index (κ2) is 8.68. The normalized spacial score (nSPS) is 14.8. The standard InChI is InChI=1S/C24H30N4O/c1-17-9-8-10-18(2)23(17)28(19-11-4-3-5-12-19)24(29)25-16-15-22-26-20-13-6-7-14-21(20)27-22/h6-10,13-14,19H,3-5,11-12,15-16H2,1-2H3,(H,25,29)(H,26,27). The first-order valence-electron chi connectivity index (χ1n) is 10.7. The predicted octanol–water partition coefficient (Wildman–Crippen LogP) is 5.27. The predicted molar refractivity (Wildman–Crippen MR) is 118 cm³/mol. The Morgan fingerprint density at radius 3 is 2.52 bits per heavy atom. The molecule has 0 atom stereocenters. The van der Waals surface area contributed by atoms with Crippen LogP contribution in [0.2, 0.25) is 0 Å². The fraction of sp³-hybridized carbons (Fsp3) is 0.417. The largest absolute Gasteiger partial charge is 0.342 e. The lowest BCUT2D eigenvalue weighted by molar-refractivity contribution is 0.241. The van der Waals surface area contributed by atoms with E-state index in [1.165, 1.54) is 19.3 Å². The summed E-state index contributed by atoms with van der Waals surface area (Å²) in [7, 11) is 0. The monoisotopic (exact) mass is 390 g/mol. The van der Waals surface area contributed by atoms with Crippen LogP contribution in [-0.2, 0) is 6.42 Å². The number of rotatable bonds is 5. The maximum absolute atomic E-state index is 13.3. The molecule has 2 N–H and O–H groups in total. The number of nitrogens with zero attached hydrogens (tertiary/aromatic N) is 2. The molecule has 0 radical (unpaired) electrons. The third-order valence-electron chi connectivity index (χ3n) is 5.92. The Hall–Kier alpha value is -2.82. The molecule has 3 aromatic rings. The third kappa shape index (κ3) is 4.29. The lowest BCUT2D eigenvalue weighted by atomic mass is 9.93. The van der Waals surface area contributed by atoms with Crippen LogP contribution in [0.25, 0.3) is 11.0 Å². The summed E-state index contributed by atoms with van der Waals surface area (Å²) in [6, 6.07) is 14.5. The number of aryl methyl sites for hydroxylation is 2. The average molecular weight is 391 g/mol. The topological polar surface area (TPSA) is 61.0 Å². The highest BCUT2D eigenvalue weighted by Crippen LogP contribution is 2.32. The Morgan fingerprint density at radius 2 is 1.79 bits per heavy atom. The smallest absolute Gasteiger partial charge is 0.322 e. The molecule has 4 rings (SSSR count). The number of aromatic nitrogens is 2. The van der Waals surface area contributed by atoms with Gasteiger partial charge in [-0.15, -0.1) is 0 Å². The number of carbonyl (C=O) groups excluding carboxylic acids is 1.